The zero-order valence-electron chi connectivity index (χ0n) is 11.3. The Morgan fingerprint density at radius 3 is 2.40 bits per heavy atom. The van der Waals surface area contributed by atoms with Gasteiger partial charge in [-0.25, -0.2) is 8.42 Å². The first-order valence-corrected chi connectivity index (χ1v) is 8.03. The number of nitrogens with one attached hydrogen (secondary N) is 1. The summed E-state index contributed by atoms with van der Waals surface area (Å²) in [5, 5.41) is 0. The van der Waals surface area contributed by atoms with E-state index in [9.17, 15) is 8.42 Å². The van der Waals surface area contributed by atoms with Gasteiger partial charge < -0.3 is 5.73 Å². The lowest BCUT2D eigenvalue weighted by Gasteiger charge is -2.12. The highest BCUT2D eigenvalue weighted by Gasteiger charge is 2.13. The van der Waals surface area contributed by atoms with Crippen molar-refractivity contribution < 1.29 is 8.42 Å². The van der Waals surface area contributed by atoms with Crippen molar-refractivity contribution >= 4 is 21.4 Å². The smallest absolute Gasteiger partial charge is 0.233 e. The average molecular weight is 290 g/mol. The second-order valence-corrected chi connectivity index (χ2v) is 6.54. The number of rotatable bonds is 5. The summed E-state index contributed by atoms with van der Waals surface area (Å²) in [6, 6.07) is 14.8. The number of nitrogen functional groups attached to an aromatic ring is 1. The van der Waals surface area contributed by atoms with Crippen LogP contribution in [0.5, 0.6) is 0 Å². The van der Waals surface area contributed by atoms with Gasteiger partial charge in [0.15, 0.2) is 0 Å². The fourth-order valence-electron chi connectivity index (χ4n) is 1.93. The molecule has 4 nitrogen and oxygen atoms in total. The van der Waals surface area contributed by atoms with Gasteiger partial charge in [0.05, 0.1) is 17.1 Å². The summed E-state index contributed by atoms with van der Waals surface area (Å²) in [4.78, 5) is 0. The van der Waals surface area contributed by atoms with Crippen molar-refractivity contribution in [3.8, 4) is 0 Å². The summed E-state index contributed by atoms with van der Waals surface area (Å²) in [6.45, 7) is 1.82. The summed E-state index contributed by atoms with van der Waals surface area (Å²) in [7, 11) is -3.41. The minimum absolute atomic E-state index is 0.0325. The number of hydrogen-bond acceptors (Lipinski definition) is 3. The van der Waals surface area contributed by atoms with Crippen molar-refractivity contribution in [3.63, 3.8) is 0 Å². The molecule has 0 saturated carbocycles. The Morgan fingerprint density at radius 1 is 1.05 bits per heavy atom. The van der Waals surface area contributed by atoms with Gasteiger partial charge in [-0.05, 0) is 30.5 Å². The van der Waals surface area contributed by atoms with Crippen LogP contribution in [0.2, 0.25) is 0 Å². The van der Waals surface area contributed by atoms with E-state index < -0.39 is 10.0 Å². The minimum Gasteiger partial charge on any atom is -0.397 e. The van der Waals surface area contributed by atoms with Gasteiger partial charge in [-0.2, -0.15) is 0 Å². The Balaban J connectivity index is 2.08. The quantitative estimate of drug-likeness (QED) is 0.831. The van der Waals surface area contributed by atoms with Gasteiger partial charge in [-0.1, -0.05) is 42.5 Å². The number of sulfonamides is 1. The summed E-state index contributed by atoms with van der Waals surface area (Å²) in [5.41, 5.74) is 8.53. The molecule has 0 bridgehead atoms. The highest BCUT2D eigenvalue weighted by molar-refractivity contribution is 7.92. The first-order chi connectivity index (χ1) is 9.48. The number of nitrogens with two attached hydrogens (primary N) is 1. The maximum Gasteiger partial charge on any atom is 0.233 e. The second-order valence-electron chi connectivity index (χ2n) is 4.70. The number of benzene rings is 2. The molecule has 20 heavy (non-hydrogen) atoms. The van der Waals surface area contributed by atoms with E-state index in [1.54, 1.807) is 12.1 Å². The normalized spacial score (nSPS) is 11.2. The summed E-state index contributed by atoms with van der Waals surface area (Å²) >= 11 is 0. The van der Waals surface area contributed by atoms with E-state index in [0.717, 1.165) is 11.1 Å². The van der Waals surface area contributed by atoms with E-state index in [4.69, 9.17) is 5.73 Å². The Bertz CT molecular complexity index is 662. The number of para-hydroxylation sites is 1. The van der Waals surface area contributed by atoms with E-state index in [1.165, 1.54) is 0 Å². The van der Waals surface area contributed by atoms with Crippen molar-refractivity contribution in [1.29, 1.82) is 0 Å². The second kappa shape index (κ2) is 5.96. The fourth-order valence-corrected chi connectivity index (χ4v) is 3.13. The van der Waals surface area contributed by atoms with Gasteiger partial charge in [-0.15, -0.1) is 0 Å². The molecule has 0 aliphatic carbocycles. The predicted octanol–water partition coefficient (Wildman–Crippen LogP) is 2.56. The molecule has 3 N–H and O–H groups in total. The maximum absolute atomic E-state index is 12.1. The third-order valence-electron chi connectivity index (χ3n) is 3.06. The molecule has 0 fully saturated rings. The molecule has 2 aromatic rings. The van der Waals surface area contributed by atoms with Crippen LogP contribution < -0.4 is 10.5 Å². The monoisotopic (exact) mass is 290 g/mol. The highest BCUT2D eigenvalue weighted by atomic mass is 32.2. The molecule has 0 aliphatic rings. The van der Waals surface area contributed by atoms with Gasteiger partial charge in [0.25, 0.3) is 0 Å². The number of anilines is 2. The van der Waals surface area contributed by atoms with Gasteiger partial charge >= 0.3 is 0 Å². The van der Waals surface area contributed by atoms with Crippen LogP contribution in [0.1, 0.15) is 11.1 Å². The molecule has 0 radical (unpaired) electrons. The van der Waals surface area contributed by atoms with Crippen LogP contribution in [0.15, 0.2) is 48.5 Å². The molecule has 0 unspecified atom stereocenters. The lowest BCUT2D eigenvalue weighted by molar-refractivity contribution is 0.600. The predicted molar refractivity (Wildman–Crippen MR) is 83.1 cm³/mol. The van der Waals surface area contributed by atoms with Crippen molar-refractivity contribution in [1.82, 2.24) is 0 Å². The summed E-state index contributed by atoms with van der Waals surface area (Å²) in [5.74, 6) is 0.0325. The molecular weight excluding hydrogens is 272 g/mol. The van der Waals surface area contributed by atoms with Gasteiger partial charge in [0.1, 0.15) is 0 Å². The van der Waals surface area contributed by atoms with Crippen LogP contribution in [0.25, 0.3) is 0 Å². The zero-order chi connectivity index (χ0) is 14.6. The van der Waals surface area contributed by atoms with Crippen LogP contribution in [0.3, 0.4) is 0 Å². The van der Waals surface area contributed by atoms with Crippen molar-refractivity contribution in [3.05, 3.63) is 59.7 Å². The maximum atomic E-state index is 12.1. The first kappa shape index (κ1) is 14.4. The fraction of sp³-hybridized carbons (Fsp3) is 0.200. The number of hydrogen-bond donors (Lipinski definition) is 2. The minimum atomic E-state index is -3.41. The lowest BCUT2D eigenvalue weighted by Crippen LogP contribution is -2.19. The van der Waals surface area contributed by atoms with Crippen molar-refractivity contribution in [2.45, 2.75) is 13.3 Å². The summed E-state index contributed by atoms with van der Waals surface area (Å²) < 4.78 is 26.8. The number of aryl methyl sites for hydroxylation is 2. The molecular formula is C15H18N2O2S. The first-order valence-electron chi connectivity index (χ1n) is 6.37. The molecule has 0 saturated heterocycles. The van der Waals surface area contributed by atoms with Crippen LogP contribution in [-0.2, 0) is 16.4 Å². The largest absolute Gasteiger partial charge is 0.397 e. The molecule has 2 rings (SSSR count). The van der Waals surface area contributed by atoms with Gasteiger partial charge in [0.2, 0.25) is 10.0 Å². The standard InChI is InChI=1S/C15H18N2O2S/c1-12-6-5-9-14(16)15(12)17-20(18,19)11-10-13-7-3-2-4-8-13/h2-9,17H,10-11,16H2,1H3. The molecule has 0 heterocycles. The van der Waals surface area contributed by atoms with Crippen LogP contribution in [0, 0.1) is 6.92 Å². The van der Waals surface area contributed by atoms with Crippen LogP contribution in [0.4, 0.5) is 11.4 Å². The van der Waals surface area contributed by atoms with Crippen molar-refractivity contribution in [2.24, 2.45) is 0 Å². The SMILES string of the molecule is Cc1cccc(N)c1NS(=O)(=O)CCc1ccccc1. The van der Waals surface area contributed by atoms with Crippen molar-refractivity contribution in [2.75, 3.05) is 16.2 Å². The Labute approximate surface area is 119 Å². The van der Waals surface area contributed by atoms with E-state index in [-0.39, 0.29) is 5.75 Å². The van der Waals surface area contributed by atoms with E-state index in [1.807, 2.05) is 43.3 Å². The van der Waals surface area contributed by atoms with E-state index in [0.29, 0.717) is 17.8 Å². The molecule has 0 spiro atoms. The van der Waals surface area contributed by atoms with E-state index >= 15 is 0 Å². The molecule has 0 amide bonds. The van der Waals surface area contributed by atoms with Crippen LogP contribution >= 0.6 is 0 Å². The molecule has 0 aromatic heterocycles. The molecule has 2 aromatic carbocycles. The third kappa shape index (κ3) is 3.74. The highest BCUT2D eigenvalue weighted by Crippen LogP contribution is 2.23. The Morgan fingerprint density at radius 2 is 1.75 bits per heavy atom. The topological polar surface area (TPSA) is 72.2 Å². The van der Waals surface area contributed by atoms with Crippen LogP contribution in [-0.4, -0.2) is 14.2 Å². The third-order valence-corrected chi connectivity index (χ3v) is 4.32. The molecule has 0 aliphatic heterocycles. The zero-order valence-corrected chi connectivity index (χ0v) is 12.2. The van der Waals surface area contributed by atoms with Gasteiger partial charge in [0, 0.05) is 0 Å². The van der Waals surface area contributed by atoms with Gasteiger partial charge in [-0.3, -0.25) is 4.72 Å². The molecule has 0 atom stereocenters. The van der Waals surface area contributed by atoms with E-state index in [2.05, 4.69) is 4.72 Å². The molecule has 106 valence electrons. The Hall–Kier alpha value is -2.01. The molecule has 5 heteroatoms. The lowest BCUT2D eigenvalue weighted by atomic mass is 10.2. The summed E-state index contributed by atoms with van der Waals surface area (Å²) in [6.07, 6.45) is 0.474. The Kier molecular flexibility index (Phi) is 4.29. The average Bonchev–Trinajstić information content (AvgIpc) is 2.42.